The van der Waals surface area contributed by atoms with Crippen molar-refractivity contribution in [2.45, 2.75) is 102 Å². The minimum atomic E-state index is -3.69. The van der Waals surface area contributed by atoms with Gasteiger partial charge in [0.15, 0.2) is 17.5 Å². The quantitative estimate of drug-likeness (QED) is 0.180. The Labute approximate surface area is 239 Å². The van der Waals surface area contributed by atoms with Gasteiger partial charge in [0.05, 0.1) is 5.92 Å². The van der Waals surface area contributed by atoms with E-state index in [0.29, 0.717) is 36.5 Å². The summed E-state index contributed by atoms with van der Waals surface area (Å²) in [6.07, 6.45) is 11.5. The molecule has 2 aromatic carbocycles. The molecule has 224 valence electrons. The van der Waals surface area contributed by atoms with Gasteiger partial charge in [-0.1, -0.05) is 24.3 Å². The molecule has 0 saturated heterocycles. The molecule has 0 spiro atoms. The van der Waals surface area contributed by atoms with Crippen molar-refractivity contribution in [3.05, 3.63) is 76.9 Å². The first-order valence-corrected chi connectivity index (χ1v) is 15.3. The summed E-state index contributed by atoms with van der Waals surface area (Å²) in [6.45, 7) is 2.10. The predicted molar refractivity (Wildman–Crippen MR) is 148 cm³/mol. The van der Waals surface area contributed by atoms with Crippen LogP contribution in [0.3, 0.4) is 0 Å². The van der Waals surface area contributed by atoms with Crippen molar-refractivity contribution in [2.24, 2.45) is 23.7 Å². The molecule has 1 nitrogen and oxygen atoms in total. The number of allylic oxidation sites excluding steroid dienone is 2. The van der Waals surface area contributed by atoms with Crippen LogP contribution >= 0.6 is 0 Å². The number of benzene rings is 2. The van der Waals surface area contributed by atoms with Gasteiger partial charge in [-0.15, -0.1) is 0 Å². The van der Waals surface area contributed by atoms with Crippen LogP contribution in [0.5, 0.6) is 5.75 Å². The highest BCUT2D eigenvalue weighted by Gasteiger charge is 2.44. The fourth-order valence-electron chi connectivity index (χ4n) is 7.71. The second-order valence-electron chi connectivity index (χ2n) is 12.5. The van der Waals surface area contributed by atoms with E-state index in [2.05, 4.69) is 23.8 Å². The zero-order valence-electron chi connectivity index (χ0n) is 23.7. The second kappa shape index (κ2) is 12.8. The van der Waals surface area contributed by atoms with Crippen LogP contribution in [0, 0.1) is 46.9 Å². The first-order chi connectivity index (χ1) is 19.6. The van der Waals surface area contributed by atoms with Gasteiger partial charge in [0, 0.05) is 12.1 Å². The lowest BCUT2D eigenvalue weighted by molar-refractivity contribution is -0.222. The van der Waals surface area contributed by atoms with E-state index in [0.717, 1.165) is 36.2 Å². The van der Waals surface area contributed by atoms with Gasteiger partial charge in [-0.3, -0.25) is 0 Å². The second-order valence-corrected chi connectivity index (χ2v) is 12.5. The van der Waals surface area contributed by atoms with Crippen LogP contribution in [-0.2, 0) is 0 Å². The average molecular weight is 579 g/mol. The van der Waals surface area contributed by atoms with E-state index in [1.807, 2.05) is 12.1 Å². The third-order valence-electron chi connectivity index (χ3n) is 10.1. The molecular formula is C34H40F6O. The van der Waals surface area contributed by atoms with Crippen molar-refractivity contribution in [1.82, 2.24) is 0 Å². The fourth-order valence-corrected chi connectivity index (χ4v) is 7.71. The maximum Gasteiger partial charge on any atom is 0.400 e. The molecule has 3 aliphatic carbocycles. The molecule has 3 saturated carbocycles. The molecule has 0 atom stereocenters. The van der Waals surface area contributed by atoms with Crippen LogP contribution < -0.4 is 4.74 Å². The van der Waals surface area contributed by atoms with E-state index >= 15 is 4.39 Å². The zero-order valence-corrected chi connectivity index (χ0v) is 23.7. The van der Waals surface area contributed by atoms with Gasteiger partial charge < -0.3 is 4.74 Å². The fraction of sp³-hybridized carbons (Fsp3) is 0.588. The lowest BCUT2D eigenvalue weighted by atomic mass is 9.68. The molecule has 0 bridgehead atoms. The normalized spacial score (nSPS) is 29.5. The van der Waals surface area contributed by atoms with E-state index in [1.54, 1.807) is 6.07 Å². The van der Waals surface area contributed by atoms with E-state index in [9.17, 15) is 22.0 Å². The molecule has 5 rings (SSSR count). The first-order valence-electron chi connectivity index (χ1n) is 15.3. The topological polar surface area (TPSA) is 9.23 Å². The highest BCUT2D eigenvalue weighted by molar-refractivity contribution is 5.30. The molecule has 0 radical (unpaired) electrons. The van der Waals surface area contributed by atoms with Gasteiger partial charge in [-0.2, -0.15) is 8.78 Å². The lowest BCUT2D eigenvalue weighted by Crippen LogP contribution is -2.37. The van der Waals surface area contributed by atoms with Crippen LogP contribution in [-0.4, -0.2) is 6.11 Å². The van der Waals surface area contributed by atoms with Crippen molar-refractivity contribution in [2.75, 3.05) is 0 Å². The number of halogens is 6. The van der Waals surface area contributed by atoms with Gasteiger partial charge in [0.2, 0.25) is 0 Å². The van der Waals surface area contributed by atoms with Crippen LogP contribution in [0.2, 0.25) is 0 Å². The summed E-state index contributed by atoms with van der Waals surface area (Å²) in [6, 6.07) is 6.34. The Hall–Kier alpha value is -2.44. The third kappa shape index (κ3) is 6.97. The summed E-state index contributed by atoms with van der Waals surface area (Å²) < 4.78 is 89.5. The molecule has 0 aromatic heterocycles. The molecule has 0 N–H and O–H groups in total. The zero-order chi connectivity index (χ0) is 29.1. The Morgan fingerprint density at radius 1 is 0.683 bits per heavy atom. The standard InChI is InChI=1S/C34H40F6O/c1-2-3-21-4-6-22(7-5-21)23-8-10-24(11-9-23)26-14-17-29(30(35)18-26)25-12-15-27(16-13-25)34(39,40)41-28-19-31(36)33(38)32(37)20-28/h2-3,14,17-25,27H,4-13,15-16H2,1H3/b3-2+. The van der Waals surface area contributed by atoms with Crippen molar-refractivity contribution in [3.8, 4) is 5.75 Å². The number of hydrogen-bond donors (Lipinski definition) is 0. The van der Waals surface area contributed by atoms with Crippen molar-refractivity contribution in [3.63, 3.8) is 0 Å². The number of alkyl halides is 2. The Bertz CT molecular complexity index is 1180. The SMILES string of the molecule is C/C=C/C1CCC(C2CCC(c3ccc(C4CCC(C(F)(F)Oc5cc(F)c(F)c(F)c5)CC4)c(F)c3)CC2)CC1. The molecule has 0 aliphatic heterocycles. The molecule has 3 fully saturated rings. The molecule has 41 heavy (non-hydrogen) atoms. The Balaban J connectivity index is 1.12. The molecule has 3 aliphatic rings. The summed E-state index contributed by atoms with van der Waals surface area (Å²) in [5.41, 5.74) is 1.60. The van der Waals surface area contributed by atoms with E-state index in [4.69, 9.17) is 0 Å². The van der Waals surface area contributed by atoms with Crippen LogP contribution in [0.4, 0.5) is 26.3 Å². The smallest absolute Gasteiger partial charge is 0.400 e. The molecule has 2 aromatic rings. The van der Waals surface area contributed by atoms with Crippen LogP contribution in [0.25, 0.3) is 0 Å². The summed E-state index contributed by atoms with van der Waals surface area (Å²) in [5.74, 6) is -4.60. The summed E-state index contributed by atoms with van der Waals surface area (Å²) in [5, 5.41) is 0. The van der Waals surface area contributed by atoms with Gasteiger partial charge in [-0.05, 0) is 131 Å². The van der Waals surface area contributed by atoms with Gasteiger partial charge in [-0.25, -0.2) is 17.6 Å². The lowest BCUT2D eigenvalue weighted by Gasteiger charge is -2.37. The van der Waals surface area contributed by atoms with Crippen LogP contribution in [0.15, 0.2) is 42.5 Å². The molecule has 0 unspecified atom stereocenters. The number of hydrogen-bond acceptors (Lipinski definition) is 1. The predicted octanol–water partition coefficient (Wildman–Crippen LogP) is 10.8. The highest BCUT2D eigenvalue weighted by Crippen LogP contribution is 2.46. The molecule has 0 amide bonds. The van der Waals surface area contributed by atoms with Crippen molar-refractivity contribution < 1.29 is 31.1 Å². The highest BCUT2D eigenvalue weighted by atomic mass is 19.3. The molecule has 0 heterocycles. The minimum Gasteiger partial charge on any atom is -0.432 e. The Kier molecular flexibility index (Phi) is 9.40. The third-order valence-corrected chi connectivity index (χ3v) is 10.1. The summed E-state index contributed by atoms with van der Waals surface area (Å²) in [7, 11) is 0. The number of rotatable bonds is 7. The van der Waals surface area contributed by atoms with E-state index < -0.39 is 35.2 Å². The van der Waals surface area contributed by atoms with Crippen molar-refractivity contribution in [1.29, 1.82) is 0 Å². The first kappa shape index (κ1) is 30.0. The van der Waals surface area contributed by atoms with Gasteiger partial charge >= 0.3 is 6.11 Å². The minimum absolute atomic E-state index is 0.0751. The maximum atomic E-state index is 15.3. The van der Waals surface area contributed by atoms with Crippen molar-refractivity contribution >= 4 is 0 Å². The van der Waals surface area contributed by atoms with E-state index in [-0.39, 0.29) is 24.6 Å². The van der Waals surface area contributed by atoms with Crippen LogP contribution in [0.1, 0.15) is 107 Å². The Morgan fingerprint density at radius 2 is 1.24 bits per heavy atom. The number of ether oxygens (including phenoxy) is 1. The Morgan fingerprint density at radius 3 is 1.80 bits per heavy atom. The van der Waals surface area contributed by atoms with E-state index in [1.165, 1.54) is 38.5 Å². The van der Waals surface area contributed by atoms with Gasteiger partial charge in [0.1, 0.15) is 11.6 Å². The monoisotopic (exact) mass is 578 g/mol. The van der Waals surface area contributed by atoms with Gasteiger partial charge in [0.25, 0.3) is 0 Å². The molecule has 7 heteroatoms. The average Bonchev–Trinajstić information content (AvgIpc) is 2.96. The summed E-state index contributed by atoms with van der Waals surface area (Å²) in [4.78, 5) is 0. The summed E-state index contributed by atoms with van der Waals surface area (Å²) >= 11 is 0. The largest absolute Gasteiger partial charge is 0.432 e. The maximum absolute atomic E-state index is 15.3. The molecular weight excluding hydrogens is 538 g/mol.